The van der Waals surface area contributed by atoms with Gasteiger partial charge in [0.15, 0.2) is 11.9 Å². The van der Waals surface area contributed by atoms with Crippen LogP contribution in [-0.2, 0) is 9.47 Å². The first kappa shape index (κ1) is 17.6. The first-order valence-corrected chi connectivity index (χ1v) is 8.11. The summed E-state index contributed by atoms with van der Waals surface area (Å²) in [6.07, 6.45) is -1.08. The van der Waals surface area contributed by atoms with Crippen LogP contribution in [0.2, 0.25) is 0 Å². The highest BCUT2D eigenvalue weighted by Gasteiger charge is 2.44. The highest BCUT2D eigenvalue weighted by atomic mass is 127. The molecule has 0 radical (unpaired) electrons. The summed E-state index contributed by atoms with van der Waals surface area (Å²) in [5.74, 6) is -0.539. The zero-order valence-corrected chi connectivity index (χ0v) is 14.2. The molecule has 0 unspecified atom stereocenters. The fraction of sp³-hybridized carbons (Fsp3) is 0.692. The third-order valence-corrected chi connectivity index (χ3v) is 4.18. The van der Waals surface area contributed by atoms with E-state index < -0.39 is 37.1 Å². The number of aliphatic hydroxyl groups excluding tert-OH is 3. The SMILES string of the molecule is CCCCOC(=O)c1nn([C@@H]2O[C@H](CO)[C@@H](O)[C@H]2O)cc1I. The quantitative estimate of drug-likeness (QED) is 0.335. The molecule has 22 heavy (non-hydrogen) atoms. The van der Waals surface area contributed by atoms with E-state index in [0.717, 1.165) is 12.8 Å². The summed E-state index contributed by atoms with van der Waals surface area (Å²) in [4.78, 5) is 11.9. The van der Waals surface area contributed by atoms with Crippen LogP contribution in [0, 0.1) is 3.57 Å². The van der Waals surface area contributed by atoms with Crippen LogP contribution in [0.4, 0.5) is 0 Å². The van der Waals surface area contributed by atoms with Gasteiger partial charge in [-0.1, -0.05) is 13.3 Å². The molecule has 1 saturated heterocycles. The van der Waals surface area contributed by atoms with Crippen molar-refractivity contribution in [3.05, 3.63) is 15.5 Å². The van der Waals surface area contributed by atoms with Crippen molar-refractivity contribution in [1.29, 1.82) is 0 Å². The Kier molecular flexibility index (Phi) is 6.15. The number of hydrogen-bond acceptors (Lipinski definition) is 7. The van der Waals surface area contributed by atoms with E-state index in [2.05, 4.69) is 5.10 Å². The molecular formula is C13H19IN2O6. The maximum Gasteiger partial charge on any atom is 0.359 e. The minimum atomic E-state index is -1.24. The Bertz CT molecular complexity index is 523. The van der Waals surface area contributed by atoms with Gasteiger partial charge in [-0.05, 0) is 29.0 Å². The molecule has 4 atom stereocenters. The van der Waals surface area contributed by atoms with Crippen LogP contribution in [0.1, 0.15) is 36.5 Å². The molecule has 2 heterocycles. The number of aromatic nitrogens is 2. The predicted octanol–water partition coefficient (Wildman–Crippen LogP) is 0.0561. The highest BCUT2D eigenvalue weighted by Crippen LogP contribution is 2.29. The van der Waals surface area contributed by atoms with Crippen molar-refractivity contribution in [1.82, 2.24) is 9.78 Å². The second-order valence-electron chi connectivity index (χ2n) is 5.02. The average molecular weight is 426 g/mol. The van der Waals surface area contributed by atoms with Crippen molar-refractivity contribution in [2.75, 3.05) is 13.2 Å². The van der Waals surface area contributed by atoms with Gasteiger partial charge in [0.25, 0.3) is 0 Å². The van der Waals surface area contributed by atoms with Crippen molar-refractivity contribution in [2.24, 2.45) is 0 Å². The number of aliphatic hydroxyl groups is 3. The molecule has 0 bridgehead atoms. The molecule has 1 aliphatic rings. The number of carbonyl (C=O) groups is 1. The van der Waals surface area contributed by atoms with Crippen LogP contribution in [0.5, 0.6) is 0 Å². The number of rotatable bonds is 6. The van der Waals surface area contributed by atoms with Gasteiger partial charge in [-0.2, -0.15) is 5.10 Å². The number of hydrogen-bond donors (Lipinski definition) is 3. The van der Waals surface area contributed by atoms with Crippen LogP contribution in [0.25, 0.3) is 0 Å². The fourth-order valence-corrected chi connectivity index (χ4v) is 2.73. The summed E-state index contributed by atoms with van der Waals surface area (Å²) in [5.41, 5.74) is 0.134. The molecule has 1 aromatic heterocycles. The minimum absolute atomic E-state index is 0.134. The number of nitrogens with zero attached hydrogens (tertiary/aromatic N) is 2. The summed E-state index contributed by atoms with van der Waals surface area (Å²) < 4.78 is 12.3. The second kappa shape index (κ2) is 7.68. The molecular weight excluding hydrogens is 407 g/mol. The summed E-state index contributed by atoms with van der Waals surface area (Å²) in [7, 11) is 0. The standard InChI is InChI=1S/C13H19IN2O6/c1-2-3-4-21-13(20)9-7(14)5-16(15-9)12-11(19)10(18)8(6-17)22-12/h5,8,10-12,17-19H,2-4,6H2,1H3/t8-,10-,11-,12-/m1/s1. The fourth-order valence-electron chi connectivity index (χ4n) is 2.11. The normalized spacial score (nSPS) is 28.0. The third kappa shape index (κ3) is 3.59. The van der Waals surface area contributed by atoms with Crippen molar-refractivity contribution < 1.29 is 29.6 Å². The molecule has 0 aliphatic carbocycles. The molecule has 0 amide bonds. The first-order valence-electron chi connectivity index (χ1n) is 7.03. The number of carbonyl (C=O) groups excluding carboxylic acids is 1. The molecule has 9 heteroatoms. The molecule has 124 valence electrons. The predicted molar refractivity (Wildman–Crippen MR) is 83.1 cm³/mol. The molecule has 0 spiro atoms. The van der Waals surface area contributed by atoms with E-state index in [1.807, 2.05) is 29.5 Å². The van der Waals surface area contributed by atoms with Crippen molar-refractivity contribution >= 4 is 28.6 Å². The Hall–Kier alpha value is -0.750. The maximum atomic E-state index is 11.9. The van der Waals surface area contributed by atoms with E-state index >= 15 is 0 Å². The summed E-state index contributed by atoms with van der Waals surface area (Å²) in [6, 6.07) is 0. The Morgan fingerprint density at radius 3 is 2.82 bits per heavy atom. The molecule has 8 nitrogen and oxygen atoms in total. The zero-order valence-electron chi connectivity index (χ0n) is 12.1. The van der Waals surface area contributed by atoms with E-state index in [1.54, 1.807) is 0 Å². The van der Waals surface area contributed by atoms with Gasteiger partial charge in [-0.25, -0.2) is 9.48 Å². The summed E-state index contributed by atoms with van der Waals surface area (Å²) in [6.45, 7) is 1.90. The van der Waals surface area contributed by atoms with E-state index in [4.69, 9.17) is 14.6 Å². The summed E-state index contributed by atoms with van der Waals surface area (Å²) >= 11 is 1.94. The van der Waals surface area contributed by atoms with Gasteiger partial charge in [0, 0.05) is 6.20 Å². The lowest BCUT2D eigenvalue weighted by Crippen LogP contribution is -2.33. The summed E-state index contributed by atoms with van der Waals surface area (Å²) in [5, 5.41) is 32.9. The number of unbranched alkanes of at least 4 members (excludes halogenated alkanes) is 1. The number of halogens is 1. The van der Waals surface area contributed by atoms with E-state index in [0.29, 0.717) is 10.2 Å². The van der Waals surface area contributed by atoms with Crippen LogP contribution >= 0.6 is 22.6 Å². The van der Waals surface area contributed by atoms with Gasteiger partial charge in [-0.3, -0.25) is 0 Å². The van der Waals surface area contributed by atoms with Crippen LogP contribution in [0.15, 0.2) is 6.20 Å². The zero-order chi connectivity index (χ0) is 16.3. The van der Waals surface area contributed by atoms with Crippen LogP contribution in [0.3, 0.4) is 0 Å². The van der Waals surface area contributed by atoms with Gasteiger partial charge in [0.05, 0.1) is 16.8 Å². The molecule has 0 saturated carbocycles. The first-order chi connectivity index (χ1) is 10.5. The van der Waals surface area contributed by atoms with Gasteiger partial charge in [-0.15, -0.1) is 0 Å². The average Bonchev–Trinajstić information content (AvgIpc) is 3.01. The lowest BCUT2D eigenvalue weighted by atomic mass is 10.1. The lowest BCUT2D eigenvalue weighted by molar-refractivity contribution is -0.0588. The van der Waals surface area contributed by atoms with Gasteiger partial charge >= 0.3 is 5.97 Å². The Balaban J connectivity index is 2.11. The molecule has 3 N–H and O–H groups in total. The van der Waals surface area contributed by atoms with Gasteiger partial charge < -0.3 is 24.8 Å². The van der Waals surface area contributed by atoms with E-state index in [9.17, 15) is 15.0 Å². The number of ether oxygens (including phenoxy) is 2. The van der Waals surface area contributed by atoms with Crippen molar-refractivity contribution in [3.8, 4) is 0 Å². The second-order valence-corrected chi connectivity index (χ2v) is 6.19. The molecule has 1 aliphatic heterocycles. The molecule has 1 aromatic rings. The van der Waals surface area contributed by atoms with Crippen LogP contribution in [-0.4, -0.2) is 62.6 Å². The Morgan fingerprint density at radius 2 is 2.23 bits per heavy atom. The Morgan fingerprint density at radius 1 is 1.50 bits per heavy atom. The highest BCUT2D eigenvalue weighted by molar-refractivity contribution is 14.1. The minimum Gasteiger partial charge on any atom is -0.461 e. The maximum absolute atomic E-state index is 11.9. The van der Waals surface area contributed by atoms with Crippen molar-refractivity contribution in [2.45, 2.75) is 44.3 Å². The monoisotopic (exact) mass is 426 g/mol. The Labute approximate surface area is 141 Å². The van der Waals surface area contributed by atoms with Gasteiger partial charge in [0.2, 0.25) is 0 Å². The largest absolute Gasteiger partial charge is 0.461 e. The van der Waals surface area contributed by atoms with Crippen molar-refractivity contribution in [3.63, 3.8) is 0 Å². The van der Waals surface area contributed by atoms with E-state index in [1.165, 1.54) is 10.9 Å². The van der Waals surface area contributed by atoms with Crippen LogP contribution < -0.4 is 0 Å². The molecule has 2 rings (SSSR count). The smallest absolute Gasteiger partial charge is 0.359 e. The lowest BCUT2D eigenvalue weighted by Gasteiger charge is -2.14. The van der Waals surface area contributed by atoms with E-state index in [-0.39, 0.29) is 5.69 Å². The number of esters is 1. The topological polar surface area (TPSA) is 114 Å². The third-order valence-electron chi connectivity index (χ3n) is 3.39. The van der Waals surface area contributed by atoms with Gasteiger partial charge in [0.1, 0.15) is 18.3 Å². The molecule has 1 fully saturated rings. The molecule has 0 aromatic carbocycles.